The van der Waals surface area contributed by atoms with Crippen molar-refractivity contribution in [1.29, 1.82) is 0 Å². The van der Waals surface area contributed by atoms with E-state index in [1.54, 1.807) is 47.4 Å². The van der Waals surface area contributed by atoms with Crippen molar-refractivity contribution in [2.75, 3.05) is 52.6 Å². The molecule has 2 heterocycles. The van der Waals surface area contributed by atoms with Gasteiger partial charge in [0.15, 0.2) is 0 Å². The average Bonchev–Trinajstić information content (AvgIpc) is 3.21. The Kier molecular flexibility index (Phi) is 9.57. The van der Waals surface area contributed by atoms with Crippen LogP contribution in [0.15, 0.2) is 73.3 Å². The molecular weight excluding hydrogens is 496 g/mol. The third-order valence-corrected chi connectivity index (χ3v) is 6.89. The Balaban J connectivity index is 1.67. The van der Waals surface area contributed by atoms with Gasteiger partial charge in [-0.25, -0.2) is 0 Å². The maximum atomic E-state index is 13.4. The first kappa shape index (κ1) is 28.1. The summed E-state index contributed by atoms with van der Waals surface area (Å²) in [5.74, 6) is -0.214. The third-order valence-electron chi connectivity index (χ3n) is 6.89. The number of nitrogens with zero attached hydrogens (tertiary/aromatic N) is 2. The highest BCUT2D eigenvalue weighted by molar-refractivity contribution is 6.46. The average molecular weight is 533 g/mol. The number of benzene rings is 2. The Labute approximate surface area is 229 Å². The number of likely N-dealkylation sites (tertiary alicyclic amines) is 1. The number of hydrogen-bond donors (Lipinski definition) is 1. The summed E-state index contributed by atoms with van der Waals surface area (Å²) in [6, 6.07) is 11.7. The highest BCUT2D eigenvalue weighted by Gasteiger charge is 2.45. The number of rotatable bonds is 12. The van der Waals surface area contributed by atoms with Crippen LogP contribution in [0.4, 0.5) is 0 Å². The van der Waals surface area contributed by atoms with Crippen LogP contribution in [0.2, 0.25) is 0 Å². The van der Waals surface area contributed by atoms with E-state index in [0.29, 0.717) is 56.5 Å². The molecule has 2 aliphatic heterocycles. The van der Waals surface area contributed by atoms with Gasteiger partial charge in [-0.1, -0.05) is 37.4 Å². The van der Waals surface area contributed by atoms with Crippen LogP contribution in [0.3, 0.4) is 0 Å². The van der Waals surface area contributed by atoms with Crippen LogP contribution in [0, 0.1) is 6.92 Å². The largest absolute Gasteiger partial charge is 0.507 e. The zero-order valence-electron chi connectivity index (χ0n) is 22.4. The summed E-state index contributed by atoms with van der Waals surface area (Å²) in [7, 11) is 0. The van der Waals surface area contributed by atoms with Crippen LogP contribution in [0.5, 0.6) is 11.5 Å². The normalized spacial score (nSPS) is 19.2. The van der Waals surface area contributed by atoms with E-state index in [1.807, 2.05) is 19.1 Å². The topological polar surface area (TPSA) is 88.5 Å². The lowest BCUT2D eigenvalue weighted by atomic mass is 9.94. The Hall–Kier alpha value is -3.88. The molecule has 1 atom stereocenters. The fraction of sp³-hybridized carbons (Fsp3) is 0.355. The second-order valence-electron chi connectivity index (χ2n) is 9.55. The molecule has 2 aliphatic rings. The number of aliphatic hydroxyl groups is 1. The molecule has 0 radical (unpaired) electrons. The summed E-state index contributed by atoms with van der Waals surface area (Å²) in [5, 5.41) is 11.4. The molecule has 0 unspecified atom stereocenters. The standard InChI is InChI=1S/C31H36N2O6/c1-4-17-38-25-10-7-23(8-11-25)28-27(29(34)24-9-12-26(22(3)21-24)39-18-5-2)30(35)31(36)33(28)14-6-13-32-15-19-37-20-16-32/h4-5,7-12,21,28,34H,1-2,6,13-20H2,3H3/t28-/m0/s1. The number of Topliss-reactive ketones (excluding diaryl/α,β-unsaturated/α-hetero) is 1. The molecule has 206 valence electrons. The van der Waals surface area contributed by atoms with Crippen LogP contribution in [0.1, 0.15) is 29.2 Å². The quantitative estimate of drug-likeness (QED) is 0.189. The van der Waals surface area contributed by atoms with Crippen LogP contribution in [-0.2, 0) is 14.3 Å². The number of carbonyl (C=O) groups is 2. The fourth-order valence-electron chi connectivity index (χ4n) is 4.91. The maximum absolute atomic E-state index is 13.4. The van der Waals surface area contributed by atoms with Crippen molar-refractivity contribution in [1.82, 2.24) is 9.80 Å². The number of hydrogen-bond acceptors (Lipinski definition) is 7. The molecular formula is C31H36N2O6. The molecule has 0 aromatic heterocycles. The van der Waals surface area contributed by atoms with Crippen LogP contribution in [-0.4, -0.2) is 79.2 Å². The maximum Gasteiger partial charge on any atom is 0.295 e. The Morgan fingerprint density at radius 2 is 1.72 bits per heavy atom. The number of amides is 1. The van der Waals surface area contributed by atoms with E-state index < -0.39 is 17.7 Å². The summed E-state index contributed by atoms with van der Waals surface area (Å²) in [6.45, 7) is 14.2. The van der Waals surface area contributed by atoms with E-state index in [1.165, 1.54) is 0 Å². The lowest BCUT2D eigenvalue weighted by Gasteiger charge is -2.29. The molecule has 2 aromatic carbocycles. The Morgan fingerprint density at radius 3 is 2.38 bits per heavy atom. The van der Waals surface area contributed by atoms with Crippen molar-refractivity contribution in [3.05, 3.63) is 90.0 Å². The fourth-order valence-corrected chi connectivity index (χ4v) is 4.91. The predicted molar refractivity (Wildman–Crippen MR) is 150 cm³/mol. The van der Waals surface area contributed by atoms with Gasteiger partial charge in [0.1, 0.15) is 30.5 Å². The molecule has 4 rings (SSSR count). The summed E-state index contributed by atoms with van der Waals surface area (Å²) < 4.78 is 16.7. The summed E-state index contributed by atoms with van der Waals surface area (Å²) >= 11 is 0. The van der Waals surface area contributed by atoms with Gasteiger partial charge in [0.25, 0.3) is 11.7 Å². The van der Waals surface area contributed by atoms with Gasteiger partial charge >= 0.3 is 0 Å². The monoisotopic (exact) mass is 532 g/mol. The molecule has 8 nitrogen and oxygen atoms in total. The van der Waals surface area contributed by atoms with E-state index in [2.05, 4.69) is 18.1 Å². The second kappa shape index (κ2) is 13.3. The molecule has 2 aromatic rings. The molecule has 0 bridgehead atoms. The number of aryl methyl sites for hydroxylation is 1. The molecule has 0 aliphatic carbocycles. The van der Waals surface area contributed by atoms with Gasteiger partial charge < -0.3 is 24.2 Å². The highest BCUT2D eigenvalue weighted by atomic mass is 16.5. The first-order valence-electron chi connectivity index (χ1n) is 13.2. The van der Waals surface area contributed by atoms with Gasteiger partial charge in [-0.05, 0) is 54.8 Å². The zero-order valence-corrected chi connectivity index (χ0v) is 22.4. The van der Waals surface area contributed by atoms with E-state index in [0.717, 1.165) is 30.8 Å². The van der Waals surface area contributed by atoms with Crippen molar-refractivity contribution < 1.29 is 28.9 Å². The first-order chi connectivity index (χ1) is 18.9. The molecule has 39 heavy (non-hydrogen) atoms. The van der Waals surface area contributed by atoms with Crippen molar-refractivity contribution >= 4 is 17.4 Å². The minimum atomic E-state index is -0.722. The molecule has 0 spiro atoms. The van der Waals surface area contributed by atoms with E-state index in [9.17, 15) is 14.7 Å². The summed E-state index contributed by atoms with van der Waals surface area (Å²) in [4.78, 5) is 30.5. The summed E-state index contributed by atoms with van der Waals surface area (Å²) in [5.41, 5.74) is 2.03. The van der Waals surface area contributed by atoms with Gasteiger partial charge in [0.2, 0.25) is 0 Å². The van der Waals surface area contributed by atoms with Crippen LogP contribution in [0.25, 0.3) is 5.76 Å². The SMILES string of the molecule is C=CCOc1ccc([C@H]2C(=C(O)c3ccc(OCC=C)c(C)c3)C(=O)C(=O)N2CCCN2CCOCC2)cc1. The lowest BCUT2D eigenvalue weighted by Crippen LogP contribution is -2.38. The van der Waals surface area contributed by atoms with Crippen molar-refractivity contribution in [2.45, 2.75) is 19.4 Å². The van der Waals surface area contributed by atoms with E-state index >= 15 is 0 Å². The predicted octanol–water partition coefficient (Wildman–Crippen LogP) is 4.27. The molecule has 0 saturated carbocycles. The summed E-state index contributed by atoms with van der Waals surface area (Å²) in [6.07, 6.45) is 4.01. The molecule has 1 amide bonds. The highest BCUT2D eigenvalue weighted by Crippen LogP contribution is 2.40. The lowest BCUT2D eigenvalue weighted by molar-refractivity contribution is -0.140. The van der Waals surface area contributed by atoms with Gasteiger partial charge in [-0.2, -0.15) is 0 Å². The Morgan fingerprint density at radius 1 is 1.03 bits per heavy atom. The van der Waals surface area contributed by atoms with E-state index in [4.69, 9.17) is 14.2 Å². The van der Waals surface area contributed by atoms with Gasteiger partial charge in [0.05, 0.1) is 24.8 Å². The Bertz CT molecular complexity index is 1230. The number of ether oxygens (including phenoxy) is 3. The number of carbonyl (C=O) groups excluding carboxylic acids is 2. The van der Waals surface area contributed by atoms with Gasteiger partial charge in [0, 0.05) is 31.7 Å². The molecule has 1 N–H and O–H groups in total. The minimum Gasteiger partial charge on any atom is -0.507 e. The number of ketones is 1. The molecule has 2 saturated heterocycles. The van der Waals surface area contributed by atoms with Crippen LogP contribution < -0.4 is 9.47 Å². The smallest absolute Gasteiger partial charge is 0.295 e. The van der Waals surface area contributed by atoms with Gasteiger partial charge in [-0.3, -0.25) is 14.5 Å². The second-order valence-corrected chi connectivity index (χ2v) is 9.55. The third kappa shape index (κ3) is 6.58. The van der Waals surface area contributed by atoms with Crippen molar-refractivity contribution in [3.8, 4) is 11.5 Å². The minimum absolute atomic E-state index is 0.0743. The number of aliphatic hydroxyl groups excluding tert-OH is 1. The number of morpholine rings is 1. The molecule has 8 heteroatoms. The van der Waals surface area contributed by atoms with Crippen molar-refractivity contribution in [3.63, 3.8) is 0 Å². The van der Waals surface area contributed by atoms with Crippen LogP contribution >= 0.6 is 0 Å². The van der Waals surface area contributed by atoms with Crippen molar-refractivity contribution in [2.24, 2.45) is 0 Å². The van der Waals surface area contributed by atoms with E-state index in [-0.39, 0.29) is 11.3 Å². The van der Waals surface area contributed by atoms with Gasteiger partial charge in [-0.15, -0.1) is 0 Å². The first-order valence-corrected chi connectivity index (χ1v) is 13.2. The zero-order chi connectivity index (χ0) is 27.8. The molecule has 2 fully saturated rings.